The van der Waals surface area contributed by atoms with Gasteiger partial charge >= 0.3 is 0 Å². The first-order chi connectivity index (χ1) is 9.01. The lowest BCUT2D eigenvalue weighted by molar-refractivity contribution is 0.590. The Morgan fingerprint density at radius 2 is 2.05 bits per heavy atom. The number of nitrogens with one attached hydrogen (secondary N) is 1. The molecule has 2 rings (SSSR count). The van der Waals surface area contributed by atoms with Crippen LogP contribution in [0.25, 0.3) is 0 Å². The number of nitrogens with two attached hydrogens (primary N) is 1. The molecule has 0 bridgehead atoms. The lowest BCUT2D eigenvalue weighted by Gasteiger charge is -2.08. The van der Waals surface area contributed by atoms with Crippen molar-refractivity contribution in [1.82, 2.24) is 9.78 Å². The van der Waals surface area contributed by atoms with Crippen molar-refractivity contribution >= 4 is 28.6 Å². The van der Waals surface area contributed by atoms with Crippen LogP contribution < -0.4 is 11.1 Å². The molecule has 3 N–H and O–H groups in total. The summed E-state index contributed by atoms with van der Waals surface area (Å²) in [4.78, 5) is -0.0526. The molecule has 1 aromatic carbocycles. The Labute approximate surface area is 114 Å². The molecule has 1 aromatic heterocycles. The van der Waals surface area contributed by atoms with E-state index in [0.29, 0.717) is 12.2 Å². The first-order valence-corrected chi connectivity index (χ1v) is 6.00. The fraction of sp³-hybridized carbons (Fsp3) is 0.167. The van der Waals surface area contributed by atoms with Gasteiger partial charge in [0.1, 0.15) is 22.3 Å². The van der Waals surface area contributed by atoms with Crippen molar-refractivity contribution in [3.8, 4) is 0 Å². The summed E-state index contributed by atoms with van der Waals surface area (Å²) in [5.41, 5.74) is 5.74. The maximum absolute atomic E-state index is 13.8. The molecule has 2 aromatic rings. The maximum Gasteiger partial charge on any atom is 0.150 e. The summed E-state index contributed by atoms with van der Waals surface area (Å²) in [6.07, 6.45) is 3.14. The molecule has 0 amide bonds. The van der Waals surface area contributed by atoms with E-state index in [1.165, 1.54) is 6.20 Å². The van der Waals surface area contributed by atoms with Gasteiger partial charge in [0.25, 0.3) is 0 Å². The van der Waals surface area contributed by atoms with Gasteiger partial charge in [0, 0.05) is 18.3 Å². The topological polar surface area (TPSA) is 55.9 Å². The molecule has 0 saturated heterocycles. The highest BCUT2D eigenvalue weighted by Gasteiger charge is 2.13. The van der Waals surface area contributed by atoms with Crippen LogP contribution in [0.15, 0.2) is 24.5 Å². The van der Waals surface area contributed by atoms with E-state index in [2.05, 4.69) is 22.6 Å². The number of halogens is 2. The zero-order valence-corrected chi connectivity index (χ0v) is 11.0. The van der Waals surface area contributed by atoms with E-state index in [0.717, 1.165) is 12.1 Å². The van der Waals surface area contributed by atoms with Crippen molar-refractivity contribution in [2.24, 2.45) is 5.73 Å². The number of hydrogen-bond donors (Lipinski definition) is 2. The molecule has 0 saturated carbocycles. The molecule has 1 heterocycles. The van der Waals surface area contributed by atoms with Crippen molar-refractivity contribution in [3.63, 3.8) is 0 Å². The Bertz CT molecular complexity index is 601. The minimum Gasteiger partial charge on any atom is -0.389 e. The number of aryl methyl sites for hydroxylation is 1. The van der Waals surface area contributed by atoms with E-state index in [9.17, 15) is 8.78 Å². The largest absolute Gasteiger partial charge is 0.389 e. The van der Waals surface area contributed by atoms with E-state index >= 15 is 0 Å². The summed E-state index contributed by atoms with van der Waals surface area (Å²) in [7, 11) is 0. The molecule has 19 heavy (non-hydrogen) atoms. The molecule has 0 radical (unpaired) electrons. The van der Waals surface area contributed by atoms with Crippen LogP contribution >= 0.6 is 12.2 Å². The minimum absolute atomic E-state index is 0.0526. The molecule has 0 fully saturated rings. The van der Waals surface area contributed by atoms with Gasteiger partial charge in [-0.15, -0.1) is 0 Å². The van der Waals surface area contributed by atoms with Crippen molar-refractivity contribution in [2.45, 2.75) is 13.5 Å². The summed E-state index contributed by atoms with van der Waals surface area (Å²) >= 11 is 4.68. The van der Waals surface area contributed by atoms with Crippen molar-refractivity contribution in [1.29, 1.82) is 0 Å². The van der Waals surface area contributed by atoms with E-state index in [1.807, 2.05) is 6.92 Å². The molecule has 0 unspecified atom stereocenters. The summed E-state index contributed by atoms with van der Waals surface area (Å²) in [6, 6.07) is 2.19. The first-order valence-electron chi connectivity index (χ1n) is 5.59. The second kappa shape index (κ2) is 5.31. The van der Waals surface area contributed by atoms with Gasteiger partial charge in [-0.1, -0.05) is 12.2 Å². The average molecular weight is 282 g/mol. The van der Waals surface area contributed by atoms with Crippen molar-refractivity contribution in [2.75, 3.05) is 5.32 Å². The van der Waals surface area contributed by atoms with Gasteiger partial charge in [0.15, 0.2) is 0 Å². The van der Waals surface area contributed by atoms with Crippen molar-refractivity contribution in [3.05, 3.63) is 41.7 Å². The van der Waals surface area contributed by atoms with Gasteiger partial charge in [0.05, 0.1) is 11.9 Å². The molecule has 0 atom stereocenters. The highest BCUT2D eigenvalue weighted by molar-refractivity contribution is 7.80. The second-order valence-corrected chi connectivity index (χ2v) is 4.33. The number of nitrogens with zero attached hydrogens (tertiary/aromatic N) is 2. The number of rotatable bonds is 4. The smallest absolute Gasteiger partial charge is 0.150 e. The van der Waals surface area contributed by atoms with Gasteiger partial charge in [-0.25, -0.2) is 8.78 Å². The standard InChI is InChI=1S/C12H12F2N4S/c1-2-18-6-8(5-16-18)17-11-9(13)3-7(12(15)19)4-10(11)14/h3-6,17H,2H2,1H3,(H2,15,19). The molecule has 100 valence electrons. The highest BCUT2D eigenvalue weighted by Crippen LogP contribution is 2.24. The summed E-state index contributed by atoms with van der Waals surface area (Å²) in [6.45, 7) is 2.59. The van der Waals surface area contributed by atoms with Crippen LogP contribution in [0.3, 0.4) is 0 Å². The lowest BCUT2D eigenvalue weighted by atomic mass is 10.2. The Balaban J connectivity index is 2.32. The number of aromatic nitrogens is 2. The van der Waals surface area contributed by atoms with E-state index in [1.54, 1.807) is 10.9 Å². The summed E-state index contributed by atoms with van der Waals surface area (Å²) in [5, 5.41) is 6.65. The summed E-state index contributed by atoms with van der Waals surface area (Å²) < 4.78 is 29.2. The fourth-order valence-corrected chi connectivity index (χ4v) is 1.70. The van der Waals surface area contributed by atoms with Crippen molar-refractivity contribution < 1.29 is 8.78 Å². The van der Waals surface area contributed by atoms with E-state index < -0.39 is 11.6 Å². The highest BCUT2D eigenvalue weighted by atomic mass is 32.1. The van der Waals surface area contributed by atoms with Gasteiger partial charge in [0.2, 0.25) is 0 Å². The Hall–Kier alpha value is -2.02. The normalized spacial score (nSPS) is 10.5. The van der Waals surface area contributed by atoms with Crippen LogP contribution in [0.1, 0.15) is 12.5 Å². The molecule has 0 aliphatic heterocycles. The van der Waals surface area contributed by atoms with Gasteiger partial charge in [-0.2, -0.15) is 5.10 Å². The zero-order chi connectivity index (χ0) is 14.0. The van der Waals surface area contributed by atoms with Crippen LogP contribution in [0.5, 0.6) is 0 Å². The molecule has 0 aliphatic rings. The molecule has 4 nitrogen and oxygen atoms in total. The number of hydrogen-bond acceptors (Lipinski definition) is 3. The zero-order valence-electron chi connectivity index (χ0n) is 10.2. The number of thiocarbonyl (C=S) groups is 1. The van der Waals surface area contributed by atoms with Crippen LogP contribution in [0.4, 0.5) is 20.2 Å². The van der Waals surface area contributed by atoms with Gasteiger partial charge in [-0.3, -0.25) is 4.68 Å². The molecule has 0 aliphatic carbocycles. The minimum atomic E-state index is -0.757. The predicted octanol–water partition coefficient (Wildman–Crippen LogP) is 2.56. The van der Waals surface area contributed by atoms with Gasteiger partial charge in [-0.05, 0) is 19.1 Å². The van der Waals surface area contributed by atoms with E-state index in [4.69, 9.17) is 5.73 Å². The Morgan fingerprint density at radius 3 is 2.53 bits per heavy atom. The van der Waals surface area contributed by atoms with E-state index in [-0.39, 0.29) is 16.2 Å². The quantitative estimate of drug-likeness (QED) is 0.846. The molecular formula is C12H12F2N4S. The lowest BCUT2D eigenvalue weighted by Crippen LogP contribution is -2.11. The van der Waals surface area contributed by atoms with Crippen LogP contribution in [-0.2, 0) is 6.54 Å². The molecule has 7 heteroatoms. The maximum atomic E-state index is 13.8. The molecular weight excluding hydrogens is 270 g/mol. The first kappa shape index (κ1) is 13.4. The third kappa shape index (κ3) is 2.87. The second-order valence-electron chi connectivity index (χ2n) is 3.89. The Morgan fingerprint density at radius 1 is 1.42 bits per heavy atom. The van der Waals surface area contributed by atoms with Crippen LogP contribution in [0, 0.1) is 11.6 Å². The monoisotopic (exact) mass is 282 g/mol. The molecule has 0 spiro atoms. The fourth-order valence-electron chi connectivity index (χ4n) is 1.58. The Kier molecular flexibility index (Phi) is 3.75. The third-order valence-corrected chi connectivity index (χ3v) is 2.79. The average Bonchev–Trinajstić information content (AvgIpc) is 2.81. The SMILES string of the molecule is CCn1cc(Nc2c(F)cc(C(N)=S)cc2F)cn1. The number of anilines is 2. The summed E-state index contributed by atoms with van der Waals surface area (Å²) in [5.74, 6) is -1.51. The van der Waals surface area contributed by atoms with Crippen LogP contribution in [-0.4, -0.2) is 14.8 Å². The van der Waals surface area contributed by atoms with Crippen LogP contribution in [0.2, 0.25) is 0 Å². The van der Waals surface area contributed by atoms with Gasteiger partial charge < -0.3 is 11.1 Å². The predicted molar refractivity (Wildman–Crippen MR) is 73.4 cm³/mol. The number of benzene rings is 1. The third-order valence-electron chi connectivity index (χ3n) is 2.55.